The molecular weight excluding hydrogens is 456 g/mol. The summed E-state index contributed by atoms with van der Waals surface area (Å²) in [5.41, 5.74) is 3.50. The van der Waals surface area contributed by atoms with Gasteiger partial charge in [-0.05, 0) is 63.3 Å². The van der Waals surface area contributed by atoms with Crippen LogP contribution in [0.15, 0.2) is 23.1 Å². The number of amides is 1. The van der Waals surface area contributed by atoms with Gasteiger partial charge in [0.1, 0.15) is 10.7 Å². The van der Waals surface area contributed by atoms with E-state index in [4.69, 9.17) is 4.98 Å². The van der Waals surface area contributed by atoms with Gasteiger partial charge in [-0.25, -0.2) is 18.4 Å². The summed E-state index contributed by atoms with van der Waals surface area (Å²) >= 11 is 1.43. The fourth-order valence-electron chi connectivity index (χ4n) is 4.49. The van der Waals surface area contributed by atoms with Crippen molar-refractivity contribution in [2.24, 2.45) is 0 Å². The van der Waals surface area contributed by atoms with Crippen molar-refractivity contribution in [1.82, 2.24) is 19.2 Å². The van der Waals surface area contributed by atoms with E-state index in [1.54, 1.807) is 11.0 Å². The van der Waals surface area contributed by atoms with Gasteiger partial charge in [-0.3, -0.25) is 4.79 Å². The van der Waals surface area contributed by atoms with E-state index in [0.717, 1.165) is 51.3 Å². The van der Waals surface area contributed by atoms with Gasteiger partial charge in [0.15, 0.2) is 0 Å². The molecule has 7 nitrogen and oxygen atoms in total. The van der Waals surface area contributed by atoms with Gasteiger partial charge in [-0.2, -0.15) is 4.31 Å². The van der Waals surface area contributed by atoms with Crippen molar-refractivity contribution in [2.75, 3.05) is 26.2 Å². The average molecular weight is 485 g/mol. The molecule has 1 aliphatic heterocycles. The summed E-state index contributed by atoms with van der Waals surface area (Å²) in [6.07, 6.45) is 2.27. The zero-order chi connectivity index (χ0) is 23.5. The SMILES string of the molecule is Cc1ccc(C)c(S(=O)(=O)N2CCN(C(=O)c3sc4nc(C5CC5)nc(C)c4c3C)CC2)c1. The Balaban J connectivity index is 1.36. The number of rotatable bonds is 4. The lowest BCUT2D eigenvalue weighted by atomic mass is 10.1. The minimum atomic E-state index is -3.59. The molecule has 0 radical (unpaired) electrons. The maximum Gasteiger partial charge on any atom is 0.264 e. The van der Waals surface area contributed by atoms with E-state index < -0.39 is 10.0 Å². The number of hydrogen-bond donors (Lipinski definition) is 0. The molecule has 0 N–H and O–H groups in total. The molecule has 0 atom stereocenters. The van der Waals surface area contributed by atoms with Crippen LogP contribution < -0.4 is 0 Å². The van der Waals surface area contributed by atoms with Gasteiger partial charge < -0.3 is 4.90 Å². The molecule has 5 rings (SSSR count). The number of aromatic nitrogens is 2. The van der Waals surface area contributed by atoms with Crippen LogP contribution in [0.5, 0.6) is 0 Å². The van der Waals surface area contributed by atoms with Crippen molar-refractivity contribution in [3.63, 3.8) is 0 Å². The van der Waals surface area contributed by atoms with Crippen LogP contribution in [0.4, 0.5) is 0 Å². The normalized spacial score (nSPS) is 17.6. The molecular formula is C24H28N4O3S2. The molecule has 0 bridgehead atoms. The largest absolute Gasteiger partial charge is 0.335 e. The molecule has 9 heteroatoms. The van der Waals surface area contributed by atoms with E-state index in [2.05, 4.69) is 4.98 Å². The summed E-state index contributed by atoms with van der Waals surface area (Å²) in [5, 5.41) is 0.976. The lowest BCUT2D eigenvalue weighted by Crippen LogP contribution is -2.50. The van der Waals surface area contributed by atoms with Crippen LogP contribution >= 0.6 is 11.3 Å². The number of nitrogens with zero attached hydrogens (tertiary/aromatic N) is 4. The molecule has 1 saturated heterocycles. The maximum absolute atomic E-state index is 13.4. The van der Waals surface area contributed by atoms with Crippen molar-refractivity contribution in [1.29, 1.82) is 0 Å². The Kier molecular flexibility index (Phi) is 5.54. The van der Waals surface area contributed by atoms with E-state index >= 15 is 0 Å². The molecule has 2 aliphatic rings. The van der Waals surface area contributed by atoms with Crippen molar-refractivity contribution < 1.29 is 13.2 Å². The second-order valence-corrected chi connectivity index (χ2v) is 12.0. The summed E-state index contributed by atoms with van der Waals surface area (Å²) in [4.78, 5) is 26.5. The number of fused-ring (bicyclic) bond motifs is 1. The summed E-state index contributed by atoms with van der Waals surface area (Å²) < 4.78 is 27.9. The number of hydrogen-bond acceptors (Lipinski definition) is 6. The Bertz CT molecular complexity index is 1370. The average Bonchev–Trinajstić information content (AvgIpc) is 3.58. The lowest BCUT2D eigenvalue weighted by Gasteiger charge is -2.34. The van der Waals surface area contributed by atoms with E-state index in [1.165, 1.54) is 15.6 Å². The predicted molar refractivity (Wildman–Crippen MR) is 129 cm³/mol. The topological polar surface area (TPSA) is 83.5 Å². The summed E-state index contributed by atoms with van der Waals surface area (Å²) in [5.74, 6) is 1.30. The van der Waals surface area contributed by atoms with Crippen LogP contribution in [0.3, 0.4) is 0 Å². The molecule has 3 aromatic rings. The second-order valence-electron chi connectivity index (χ2n) is 9.14. The molecule has 174 valence electrons. The highest BCUT2D eigenvalue weighted by Gasteiger charge is 2.33. The van der Waals surface area contributed by atoms with Gasteiger partial charge in [0, 0.05) is 37.5 Å². The zero-order valence-electron chi connectivity index (χ0n) is 19.4. The number of carbonyl (C=O) groups excluding carboxylic acids is 1. The standard InChI is InChI=1S/C24H28N4O3S2/c1-14-5-6-15(2)19(13-14)33(30,31)28-11-9-27(10-12-28)24(29)21-16(3)20-17(4)25-22(18-7-8-18)26-23(20)32-21/h5-6,13,18H,7-12H2,1-4H3. The van der Waals surface area contributed by atoms with Crippen LogP contribution in [0, 0.1) is 27.7 Å². The Morgan fingerprint density at radius 3 is 2.39 bits per heavy atom. The quantitative estimate of drug-likeness (QED) is 0.560. The smallest absolute Gasteiger partial charge is 0.264 e. The first-order valence-electron chi connectivity index (χ1n) is 11.3. The highest BCUT2D eigenvalue weighted by Crippen LogP contribution is 2.40. The van der Waals surface area contributed by atoms with Gasteiger partial charge >= 0.3 is 0 Å². The third kappa shape index (κ3) is 3.96. The summed E-state index contributed by atoms with van der Waals surface area (Å²) in [6.45, 7) is 8.97. The number of benzene rings is 1. The van der Waals surface area contributed by atoms with Gasteiger partial charge in [0.25, 0.3) is 5.91 Å². The molecule has 2 aromatic heterocycles. The first-order valence-corrected chi connectivity index (χ1v) is 13.6. The Morgan fingerprint density at radius 2 is 1.73 bits per heavy atom. The van der Waals surface area contributed by atoms with Crippen molar-refractivity contribution in [3.05, 3.63) is 51.3 Å². The number of aryl methyl sites for hydroxylation is 4. The van der Waals surface area contributed by atoms with Gasteiger partial charge in [0.05, 0.1) is 15.5 Å². The van der Waals surface area contributed by atoms with Gasteiger partial charge in [-0.15, -0.1) is 11.3 Å². The number of carbonyl (C=O) groups is 1. The number of piperazine rings is 1. The minimum Gasteiger partial charge on any atom is -0.335 e. The van der Waals surface area contributed by atoms with Gasteiger partial charge in [-0.1, -0.05) is 12.1 Å². The summed E-state index contributed by atoms with van der Waals surface area (Å²) in [7, 11) is -3.59. The zero-order valence-corrected chi connectivity index (χ0v) is 21.0. The predicted octanol–water partition coefficient (Wildman–Crippen LogP) is 3.95. The molecule has 1 amide bonds. The molecule has 33 heavy (non-hydrogen) atoms. The maximum atomic E-state index is 13.4. The van der Waals surface area contributed by atoms with Crippen LogP contribution in [0.25, 0.3) is 10.2 Å². The Morgan fingerprint density at radius 1 is 1.03 bits per heavy atom. The Hall–Kier alpha value is -2.36. The molecule has 3 heterocycles. The minimum absolute atomic E-state index is 0.0494. The Labute approximate surface area is 198 Å². The van der Waals surface area contributed by atoms with E-state index in [-0.39, 0.29) is 19.0 Å². The molecule has 1 aromatic carbocycles. The van der Waals surface area contributed by atoms with Crippen LogP contribution in [0.1, 0.15) is 56.6 Å². The fraction of sp³-hybridized carbons (Fsp3) is 0.458. The first-order chi connectivity index (χ1) is 15.7. The van der Waals surface area contributed by atoms with Crippen molar-refractivity contribution >= 4 is 37.5 Å². The lowest BCUT2D eigenvalue weighted by molar-refractivity contribution is 0.0702. The first kappa shape index (κ1) is 22.4. The van der Waals surface area contributed by atoms with Crippen molar-refractivity contribution in [2.45, 2.75) is 51.3 Å². The van der Waals surface area contributed by atoms with E-state index in [9.17, 15) is 13.2 Å². The van der Waals surface area contributed by atoms with Crippen LogP contribution in [-0.2, 0) is 10.0 Å². The van der Waals surface area contributed by atoms with Crippen LogP contribution in [0.2, 0.25) is 0 Å². The molecule has 1 aliphatic carbocycles. The number of sulfonamides is 1. The molecule has 2 fully saturated rings. The monoisotopic (exact) mass is 484 g/mol. The van der Waals surface area contributed by atoms with Gasteiger partial charge in [0.2, 0.25) is 10.0 Å². The van der Waals surface area contributed by atoms with E-state index in [1.807, 2.05) is 39.8 Å². The van der Waals surface area contributed by atoms with E-state index in [0.29, 0.717) is 28.8 Å². The molecule has 1 saturated carbocycles. The highest BCUT2D eigenvalue weighted by atomic mass is 32.2. The third-order valence-corrected chi connectivity index (χ3v) is 9.83. The fourth-order valence-corrected chi connectivity index (χ4v) is 7.43. The summed E-state index contributed by atoms with van der Waals surface area (Å²) in [6, 6.07) is 5.48. The van der Waals surface area contributed by atoms with Crippen molar-refractivity contribution in [3.8, 4) is 0 Å². The molecule has 0 spiro atoms. The number of thiophene rings is 1. The second kappa shape index (κ2) is 8.14. The van der Waals surface area contributed by atoms with Crippen LogP contribution in [-0.4, -0.2) is 59.7 Å². The molecule has 0 unspecified atom stereocenters. The highest BCUT2D eigenvalue weighted by molar-refractivity contribution is 7.89. The third-order valence-electron chi connectivity index (χ3n) is 6.61.